The SMILES string of the molecule is CC1c2cc(O)c(O)cc2-c2c(ccc(O)c2O)C1C. The van der Waals surface area contributed by atoms with E-state index in [1.165, 1.54) is 18.2 Å². The molecule has 0 spiro atoms. The van der Waals surface area contributed by atoms with E-state index in [0.29, 0.717) is 11.1 Å². The third kappa shape index (κ3) is 1.54. The number of hydrogen-bond acceptors (Lipinski definition) is 4. The van der Waals surface area contributed by atoms with E-state index in [-0.39, 0.29) is 34.8 Å². The number of rotatable bonds is 0. The van der Waals surface area contributed by atoms with Gasteiger partial charge in [0.2, 0.25) is 0 Å². The molecule has 0 fully saturated rings. The van der Waals surface area contributed by atoms with Gasteiger partial charge in [-0.2, -0.15) is 0 Å². The van der Waals surface area contributed by atoms with Gasteiger partial charge in [-0.05, 0) is 46.7 Å². The summed E-state index contributed by atoms with van der Waals surface area (Å²) in [6, 6.07) is 6.23. The quantitative estimate of drug-likeness (QED) is 0.554. The summed E-state index contributed by atoms with van der Waals surface area (Å²) in [6.45, 7) is 4.07. The molecule has 2 unspecified atom stereocenters. The summed E-state index contributed by atoms with van der Waals surface area (Å²) >= 11 is 0. The molecule has 2 aromatic carbocycles. The van der Waals surface area contributed by atoms with Crippen LogP contribution in [0.2, 0.25) is 0 Å². The molecule has 0 heterocycles. The number of phenolic OH excluding ortho intramolecular Hbond substituents is 4. The maximum Gasteiger partial charge on any atom is 0.165 e. The van der Waals surface area contributed by atoms with Gasteiger partial charge < -0.3 is 20.4 Å². The van der Waals surface area contributed by atoms with Crippen LogP contribution in [0.25, 0.3) is 11.1 Å². The highest BCUT2D eigenvalue weighted by Gasteiger charge is 2.31. The zero-order valence-corrected chi connectivity index (χ0v) is 11.3. The third-order valence-electron chi connectivity index (χ3n) is 4.34. The van der Waals surface area contributed by atoms with Crippen molar-refractivity contribution in [2.75, 3.05) is 0 Å². The van der Waals surface area contributed by atoms with Crippen molar-refractivity contribution in [2.45, 2.75) is 25.7 Å². The fraction of sp³-hybridized carbons (Fsp3) is 0.250. The summed E-state index contributed by atoms with van der Waals surface area (Å²) in [5.74, 6) is -0.525. The molecule has 0 aliphatic heterocycles. The monoisotopic (exact) mass is 272 g/mol. The summed E-state index contributed by atoms with van der Waals surface area (Å²) < 4.78 is 0. The Bertz CT molecular complexity index is 704. The van der Waals surface area contributed by atoms with Crippen molar-refractivity contribution in [3.63, 3.8) is 0 Å². The molecule has 0 saturated carbocycles. The molecular weight excluding hydrogens is 256 g/mol. The Kier molecular flexibility index (Phi) is 2.57. The maximum absolute atomic E-state index is 10.2. The van der Waals surface area contributed by atoms with Gasteiger partial charge in [0.05, 0.1) is 0 Å². The summed E-state index contributed by atoms with van der Waals surface area (Å²) in [5.41, 5.74) is 2.95. The molecule has 0 amide bonds. The van der Waals surface area contributed by atoms with E-state index >= 15 is 0 Å². The Morgan fingerprint density at radius 2 is 1.35 bits per heavy atom. The number of hydrogen-bond donors (Lipinski definition) is 4. The molecule has 0 bridgehead atoms. The smallest absolute Gasteiger partial charge is 0.165 e. The van der Waals surface area contributed by atoms with Gasteiger partial charge in [-0.3, -0.25) is 0 Å². The highest BCUT2D eigenvalue weighted by molar-refractivity contribution is 5.83. The van der Waals surface area contributed by atoms with E-state index in [2.05, 4.69) is 0 Å². The standard InChI is InChI=1S/C16H16O4/c1-7-8(2)10-5-13(18)14(19)6-11(10)15-9(7)3-4-12(17)16(15)20/h3-8,17-20H,1-2H3. The number of aromatic hydroxyl groups is 4. The average Bonchev–Trinajstić information content (AvgIpc) is 2.41. The van der Waals surface area contributed by atoms with Crippen molar-refractivity contribution >= 4 is 0 Å². The van der Waals surface area contributed by atoms with E-state index in [0.717, 1.165) is 11.1 Å². The van der Waals surface area contributed by atoms with Gasteiger partial charge in [0.1, 0.15) is 0 Å². The van der Waals surface area contributed by atoms with Crippen molar-refractivity contribution < 1.29 is 20.4 Å². The van der Waals surface area contributed by atoms with Crippen LogP contribution in [0.5, 0.6) is 23.0 Å². The second kappa shape index (κ2) is 4.07. The first-order valence-corrected chi connectivity index (χ1v) is 6.53. The minimum Gasteiger partial charge on any atom is -0.504 e. The maximum atomic E-state index is 10.2. The molecular formula is C16H16O4. The van der Waals surface area contributed by atoms with Crippen LogP contribution in [0.15, 0.2) is 24.3 Å². The Morgan fingerprint density at radius 1 is 0.750 bits per heavy atom. The van der Waals surface area contributed by atoms with Crippen LogP contribution in [0, 0.1) is 0 Å². The average molecular weight is 272 g/mol. The number of fused-ring (bicyclic) bond motifs is 3. The topological polar surface area (TPSA) is 80.9 Å². The van der Waals surface area contributed by atoms with Crippen LogP contribution in [0.4, 0.5) is 0 Å². The van der Waals surface area contributed by atoms with Crippen LogP contribution in [-0.2, 0) is 0 Å². The highest BCUT2D eigenvalue weighted by Crippen LogP contribution is 2.53. The van der Waals surface area contributed by atoms with E-state index in [1.54, 1.807) is 6.07 Å². The molecule has 1 aliphatic carbocycles. The van der Waals surface area contributed by atoms with Crippen LogP contribution < -0.4 is 0 Å². The van der Waals surface area contributed by atoms with Gasteiger partial charge >= 0.3 is 0 Å². The first-order valence-electron chi connectivity index (χ1n) is 6.53. The van der Waals surface area contributed by atoms with E-state index in [9.17, 15) is 20.4 Å². The minimum absolute atomic E-state index is 0.132. The lowest BCUT2D eigenvalue weighted by molar-refractivity contribution is 0.399. The van der Waals surface area contributed by atoms with Gasteiger partial charge in [0, 0.05) is 5.56 Å². The fourth-order valence-corrected chi connectivity index (χ4v) is 2.98. The molecule has 2 atom stereocenters. The molecule has 20 heavy (non-hydrogen) atoms. The summed E-state index contributed by atoms with van der Waals surface area (Å²) in [6.07, 6.45) is 0. The lowest BCUT2D eigenvalue weighted by Crippen LogP contribution is -2.13. The lowest BCUT2D eigenvalue weighted by Gasteiger charge is -2.32. The molecule has 4 heteroatoms. The molecule has 4 nitrogen and oxygen atoms in total. The Labute approximate surface area is 116 Å². The Hall–Kier alpha value is -2.36. The predicted octanol–water partition coefficient (Wildman–Crippen LogP) is 3.40. The zero-order valence-electron chi connectivity index (χ0n) is 11.3. The fourth-order valence-electron chi connectivity index (χ4n) is 2.98. The summed E-state index contributed by atoms with van der Waals surface area (Å²) in [5, 5.41) is 39.3. The Balaban J connectivity index is 2.40. The van der Waals surface area contributed by atoms with Crippen LogP contribution in [-0.4, -0.2) is 20.4 Å². The van der Waals surface area contributed by atoms with Crippen molar-refractivity contribution in [2.24, 2.45) is 0 Å². The second-order valence-corrected chi connectivity index (χ2v) is 5.40. The van der Waals surface area contributed by atoms with E-state index < -0.39 is 0 Å². The molecule has 3 rings (SSSR count). The van der Waals surface area contributed by atoms with Crippen molar-refractivity contribution in [1.29, 1.82) is 0 Å². The van der Waals surface area contributed by atoms with E-state index in [1.807, 2.05) is 13.8 Å². The second-order valence-electron chi connectivity index (χ2n) is 5.40. The molecule has 2 aromatic rings. The van der Waals surface area contributed by atoms with Crippen molar-refractivity contribution in [1.82, 2.24) is 0 Å². The highest BCUT2D eigenvalue weighted by atomic mass is 16.3. The van der Waals surface area contributed by atoms with Gasteiger partial charge in [-0.1, -0.05) is 19.9 Å². The van der Waals surface area contributed by atoms with Gasteiger partial charge in [0.25, 0.3) is 0 Å². The first kappa shape index (κ1) is 12.7. The number of benzene rings is 2. The summed E-state index contributed by atoms with van der Waals surface area (Å²) in [7, 11) is 0. The molecule has 4 N–H and O–H groups in total. The summed E-state index contributed by atoms with van der Waals surface area (Å²) in [4.78, 5) is 0. The van der Waals surface area contributed by atoms with Gasteiger partial charge in [-0.25, -0.2) is 0 Å². The minimum atomic E-state index is -0.237. The lowest BCUT2D eigenvalue weighted by atomic mass is 9.72. The van der Waals surface area contributed by atoms with Crippen molar-refractivity contribution in [3.8, 4) is 34.1 Å². The van der Waals surface area contributed by atoms with E-state index in [4.69, 9.17) is 0 Å². The molecule has 0 radical (unpaired) electrons. The van der Waals surface area contributed by atoms with Crippen LogP contribution in [0.3, 0.4) is 0 Å². The molecule has 104 valence electrons. The van der Waals surface area contributed by atoms with Crippen LogP contribution >= 0.6 is 0 Å². The van der Waals surface area contributed by atoms with Crippen molar-refractivity contribution in [3.05, 3.63) is 35.4 Å². The zero-order chi connectivity index (χ0) is 14.6. The van der Waals surface area contributed by atoms with Crippen LogP contribution in [0.1, 0.15) is 36.8 Å². The van der Waals surface area contributed by atoms with Gasteiger partial charge in [-0.15, -0.1) is 0 Å². The predicted molar refractivity (Wildman–Crippen MR) is 75.4 cm³/mol. The first-order chi connectivity index (χ1) is 9.41. The normalized spacial score (nSPS) is 20.3. The molecule has 0 aromatic heterocycles. The molecule has 1 aliphatic rings. The third-order valence-corrected chi connectivity index (χ3v) is 4.34. The number of phenols is 4. The molecule has 0 saturated heterocycles. The Morgan fingerprint density at radius 3 is 2.05 bits per heavy atom. The van der Waals surface area contributed by atoms with Gasteiger partial charge in [0.15, 0.2) is 23.0 Å². The largest absolute Gasteiger partial charge is 0.504 e.